The SMILES string of the molecule is CCCCNC(CC)N1CCOCC1. The predicted molar refractivity (Wildman–Crippen MR) is 59.4 cm³/mol. The lowest BCUT2D eigenvalue weighted by Gasteiger charge is -2.34. The Labute approximate surface area is 87.8 Å². The van der Waals surface area contributed by atoms with Gasteiger partial charge in [-0.15, -0.1) is 0 Å². The van der Waals surface area contributed by atoms with Gasteiger partial charge >= 0.3 is 0 Å². The molecular formula is C11H24N2O. The fourth-order valence-corrected chi connectivity index (χ4v) is 1.87. The average molecular weight is 200 g/mol. The molecule has 14 heavy (non-hydrogen) atoms. The van der Waals surface area contributed by atoms with Gasteiger partial charge in [-0.3, -0.25) is 4.90 Å². The molecular weight excluding hydrogens is 176 g/mol. The second-order valence-corrected chi connectivity index (χ2v) is 3.88. The van der Waals surface area contributed by atoms with Crippen molar-refractivity contribution in [1.82, 2.24) is 10.2 Å². The van der Waals surface area contributed by atoms with E-state index in [1.807, 2.05) is 0 Å². The second-order valence-electron chi connectivity index (χ2n) is 3.88. The number of nitrogens with one attached hydrogen (secondary N) is 1. The van der Waals surface area contributed by atoms with E-state index in [0.717, 1.165) is 32.8 Å². The van der Waals surface area contributed by atoms with Crippen LogP contribution in [0.4, 0.5) is 0 Å². The molecule has 0 amide bonds. The second kappa shape index (κ2) is 7.21. The molecule has 1 saturated heterocycles. The van der Waals surface area contributed by atoms with Crippen LogP contribution in [0.3, 0.4) is 0 Å². The fourth-order valence-electron chi connectivity index (χ4n) is 1.87. The van der Waals surface area contributed by atoms with Crippen LogP contribution in [-0.2, 0) is 4.74 Å². The van der Waals surface area contributed by atoms with Crippen molar-refractivity contribution in [2.75, 3.05) is 32.8 Å². The van der Waals surface area contributed by atoms with Crippen LogP contribution >= 0.6 is 0 Å². The summed E-state index contributed by atoms with van der Waals surface area (Å²) in [5, 5.41) is 3.61. The maximum Gasteiger partial charge on any atom is 0.0596 e. The van der Waals surface area contributed by atoms with Crippen LogP contribution in [0.25, 0.3) is 0 Å². The Hall–Kier alpha value is -0.120. The van der Waals surface area contributed by atoms with Gasteiger partial charge < -0.3 is 10.1 Å². The smallest absolute Gasteiger partial charge is 0.0596 e. The van der Waals surface area contributed by atoms with E-state index in [1.54, 1.807) is 0 Å². The zero-order valence-electron chi connectivity index (χ0n) is 9.59. The lowest BCUT2D eigenvalue weighted by atomic mass is 10.2. The summed E-state index contributed by atoms with van der Waals surface area (Å²) in [6.45, 7) is 9.58. The summed E-state index contributed by atoms with van der Waals surface area (Å²) in [5.74, 6) is 0. The lowest BCUT2D eigenvalue weighted by Crippen LogP contribution is -2.50. The first-order valence-corrected chi connectivity index (χ1v) is 5.93. The number of ether oxygens (including phenoxy) is 1. The number of morpholine rings is 1. The van der Waals surface area contributed by atoms with E-state index in [4.69, 9.17) is 4.74 Å². The molecule has 1 aliphatic heterocycles. The summed E-state index contributed by atoms with van der Waals surface area (Å²) >= 11 is 0. The molecule has 1 unspecified atom stereocenters. The van der Waals surface area contributed by atoms with Crippen molar-refractivity contribution in [3.05, 3.63) is 0 Å². The molecule has 1 fully saturated rings. The molecule has 1 heterocycles. The van der Waals surface area contributed by atoms with Gasteiger partial charge in [-0.25, -0.2) is 0 Å². The van der Waals surface area contributed by atoms with E-state index in [-0.39, 0.29) is 0 Å². The highest BCUT2D eigenvalue weighted by Gasteiger charge is 2.18. The van der Waals surface area contributed by atoms with Crippen molar-refractivity contribution in [3.63, 3.8) is 0 Å². The zero-order chi connectivity index (χ0) is 10.2. The van der Waals surface area contributed by atoms with E-state index in [2.05, 4.69) is 24.1 Å². The Bertz CT molecular complexity index is 135. The fraction of sp³-hybridized carbons (Fsp3) is 1.00. The summed E-state index contributed by atoms with van der Waals surface area (Å²) in [7, 11) is 0. The van der Waals surface area contributed by atoms with Gasteiger partial charge in [0.1, 0.15) is 0 Å². The Morgan fingerprint density at radius 1 is 1.29 bits per heavy atom. The van der Waals surface area contributed by atoms with E-state index >= 15 is 0 Å². The van der Waals surface area contributed by atoms with Crippen molar-refractivity contribution in [1.29, 1.82) is 0 Å². The molecule has 84 valence electrons. The average Bonchev–Trinajstić information content (AvgIpc) is 2.26. The molecule has 0 bridgehead atoms. The van der Waals surface area contributed by atoms with Gasteiger partial charge in [-0.05, 0) is 19.4 Å². The summed E-state index contributed by atoms with van der Waals surface area (Å²) < 4.78 is 5.35. The van der Waals surface area contributed by atoms with E-state index < -0.39 is 0 Å². The third-order valence-corrected chi connectivity index (χ3v) is 2.78. The van der Waals surface area contributed by atoms with Crippen LogP contribution in [0.15, 0.2) is 0 Å². The van der Waals surface area contributed by atoms with Crippen molar-refractivity contribution in [3.8, 4) is 0 Å². The van der Waals surface area contributed by atoms with Gasteiger partial charge in [0.2, 0.25) is 0 Å². The normalized spacial score (nSPS) is 21.0. The highest BCUT2D eigenvalue weighted by atomic mass is 16.5. The van der Waals surface area contributed by atoms with Gasteiger partial charge in [0, 0.05) is 13.1 Å². The third-order valence-electron chi connectivity index (χ3n) is 2.78. The monoisotopic (exact) mass is 200 g/mol. The van der Waals surface area contributed by atoms with Crippen LogP contribution < -0.4 is 5.32 Å². The quantitative estimate of drug-likeness (QED) is 0.657. The standard InChI is InChI=1S/C11H24N2O/c1-3-5-6-12-11(4-2)13-7-9-14-10-8-13/h11-12H,3-10H2,1-2H3. The summed E-state index contributed by atoms with van der Waals surface area (Å²) in [5.41, 5.74) is 0. The van der Waals surface area contributed by atoms with Crippen molar-refractivity contribution >= 4 is 0 Å². The molecule has 3 nitrogen and oxygen atoms in total. The summed E-state index contributed by atoms with van der Waals surface area (Å²) in [6, 6.07) is 0. The van der Waals surface area contributed by atoms with Crippen LogP contribution in [0.1, 0.15) is 33.1 Å². The number of hydrogen-bond acceptors (Lipinski definition) is 3. The van der Waals surface area contributed by atoms with Crippen LogP contribution in [0.5, 0.6) is 0 Å². The maximum atomic E-state index is 5.35. The van der Waals surface area contributed by atoms with Gasteiger partial charge in [0.15, 0.2) is 0 Å². The van der Waals surface area contributed by atoms with E-state index in [1.165, 1.54) is 19.3 Å². The van der Waals surface area contributed by atoms with Gasteiger partial charge in [-0.1, -0.05) is 20.3 Å². The van der Waals surface area contributed by atoms with E-state index in [9.17, 15) is 0 Å². The first-order valence-electron chi connectivity index (χ1n) is 5.93. The van der Waals surface area contributed by atoms with Gasteiger partial charge in [0.05, 0.1) is 19.4 Å². The first kappa shape index (κ1) is 12.0. The molecule has 0 saturated carbocycles. The molecule has 0 spiro atoms. The zero-order valence-corrected chi connectivity index (χ0v) is 9.59. The van der Waals surface area contributed by atoms with Gasteiger partial charge in [-0.2, -0.15) is 0 Å². The Morgan fingerprint density at radius 2 is 2.00 bits per heavy atom. The maximum absolute atomic E-state index is 5.35. The Kier molecular flexibility index (Phi) is 6.15. The summed E-state index contributed by atoms with van der Waals surface area (Å²) in [4.78, 5) is 2.50. The molecule has 0 aliphatic carbocycles. The van der Waals surface area contributed by atoms with Crippen LogP contribution in [0.2, 0.25) is 0 Å². The molecule has 3 heteroatoms. The molecule has 0 aromatic rings. The third kappa shape index (κ3) is 3.95. The molecule has 0 radical (unpaired) electrons. The topological polar surface area (TPSA) is 24.5 Å². The van der Waals surface area contributed by atoms with Crippen molar-refractivity contribution in [2.24, 2.45) is 0 Å². The van der Waals surface area contributed by atoms with Crippen LogP contribution in [0, 0.1) is 0 Å². The first-order chi connectivity index (χ1) is 6.88. The minimum absolute atomic E-state index is 0.561. The molecule has 1 N–H and O–H groups in total. The Morgan fingerprint density at radius 3 is 2.57 bits per heavy atom. The number of unbranched alkanes of at least 4 members (excludes halogenated alkanes) is 1. The number of rotatable bonds is 6. The van der Waals surface area contributed by atoms with Crippen molar-refractivity contribution < 1.29 is 4.74 Å². The minimum atomic E-state index is 0.561. The largest absolute Gasteiger partial charge is 0.379 e. The molecule has 1 aliphatic rings. The van der Waals surface area contributed by atoms with Crippen molar-refractivity contribution in [2.45, 2.75) is 39.3 Å². The van der Waals surface area contributed by atoms with E-state index in [0.29, 0.717) is 6.17 Å². The number of hydrogen-bond donors (Lipinski definition) is 1. The molecule has 0 aromatic carbocycles. The molecule has 0 aromatic heterocycles. The molecule has 1 atom stereocenters. The number of nitrogens with zero attached hydrogens (tertiary/aromatic N) is 1. The van der Waals surface area contributed by atoms with Crippen LogP contribution in [-0.4, -0.2) is 43.9 Å². The predicted octanol–water partition coefficient (Wildman–Crippen LogP) is 1.44. The highest BCUT2D eigenvalue weighted by molar-refractivity contribution is 4.70. The minimum Gasteiger partial charge on any atom is -0.379 e. The van der Waals surface area contributed by atoms with Gasteiger partial charge in [0.25, 0.3) is 0 Å². The summed E-state index contributed by atoms with van der Waals surface area (Å²) in [6.07, 6.45) is 4.29. The lowest BCUT2D eigenvalue weighted by molar-refractivity contribution is 0.00794. The molecule has 1 rings (SSSR count). The highest BCUT2D eigenvalue weighted by Crippen LogP contribution is 2.04. The Balaban J connectivity index is 2.21.